The van der Waals surface area contributed by atoms with Crippen molar-refractivity contribution in [2.24, 2.45) is 5.73 Å². The van der Waals surface area contributed by atoms with Crippen LogP contribution in [0.2, 0.25) is 0 Å². The number of fused-ring (bicyclic) bond motifs is 1. The summed E-state index contributed by atoms with van der Waals surface area (Å²) in [5.41, 5.74) is 7.83. The van der Waals surface area contributed by atoms with Gasteiger partial charge < -0.3 is 24.8 Å². The van der Waals surface area contributed by atoms with Gasteiger partial charge in [0, 0.05) is 25.5 Å². The summed E-state index contributed by atoms with van der Waals surface area (Å²) >= 11 is 0. The van der Waals surface area contributed by atoms with Crippen LogP contribution in [-0.4, -0.2) is 76.6 Å². The molecule has 1 unspecified atom stereocenters. The van der Waals surface area contributed by atoms with E-state index in [9.17, 15) is 19.0 Å². The maximum atomic E-state index is 13.9. The molecule has 1 amide bonds. The van der Waals surface area contributed by atoms with Crippen LogP contribution < -0.4 is 10.5 Å². The van der Waals surface area contributed by atoms with E-state index in [0.717, 1.165) is 5.57 Å². The number of likely N-dealkylation sites (tertiary alicyclic amines) is 1. The highest BCUT2D eigenvalue weighted by Crippen LogP contribution is 2.48. The van der Waals surface area contributed by atoms with Crippen LogP contribution in [0.15, 0.2) is 48.7 Å². The van der Waals surface area contributed by atoms with E-state index in [2.05, 4.69) is 20.1 Å². The van der Waals surface area contributed by atoms with Gasteiger partial charge in [0.05, 0.1) is 41.2 Å². The van der Waals surface area contributed by atoms with Crippen molar-refractivity contribution >= 4 is 36.1 Å². The minimum atomic E-state index is -4.54. The van der Waals surface area contributed by atoms with Crippen molar-refractivity contribution in [3.05, 3.63) is 65.8 Å². The first kappa shape index (κ1) is 32.0. The van der Waals surface area contributed by atoms with Crippen molar-refractivity contribution in [3.63, 3.8) is 0 Å². The SMILES string of the molecule is COc1cnc(-n2cnc(C)n2)c2c1c(C(=O)C(=O)N1CCC(=C(N)c3ccccn3)CC1)cn2COP(=O)(O)OC(C)(C)C. The lowest BCUT2D eigenvalue weighted by Gasteiger charge is -2.28. The van der Waals surface area contributed by atoms with E-state index in [1.165, 1.54) is 40.0 Å². The maximum absolute atomic E-state index is 13.9. The number of phosphoric acid groups is 1. The normalized spacial score (nSPS) is 15.2. The first-order chi connectivity index (χ1) is 21.3. The number of nitrogens with two attached hydrogens (primary N) is 1. The highest BCUT2D eigenvalue weighted by molar-refractivity contribution is 7.47. The predicted molar refractivity (Wildman–Crippen MR) is 163 cm³/mol. The molecule has 0 aromatic carbocycles. The summed E-state index contributed by atoms with van der Waals surface area (Å²) in [6.07, 6.45) is 6.84. The van der Waals surface area contributed by atoms with Crippen LogP contribution in [0.1, 0.15) is 55.5 Å². The Kier molecular flexibility index (Phi) is 8.90. The molecule has 1 aliphatic rings. The number of amides is 1. The number of aryl methyl sites for hydroxylation is 1. The molecule has 5 heterocycles. The number of ether oxygens (including phenoxy) is 1. The van der Waals surface area contributed by atoms with Crippen molar-refractivity contribution in [2.45, 2.75) is 52.9 Å². The first-order valence-corrected chi connectivity index (χ1v) is 15.6. The molecule has 5 rings (SSSR count). The number of hydrogen-bond acceptors (Lipinski definition) is 11. The van der Waals surface area contributed by atoms with Gasteiger partial charge in [-0.25, -0.2) is 19.2 Å². The summed E-state index contributed by atoms with van der Waals surface area (Å²) < 4.78 is 31.6. The number of pyridine rings is 2. The minimum Gasteiger partial charge on any atom is -0.494 e. The second-order valence-corrected chi connectivity index (χ2v) is 12.8. The number of methoxy groups -OCH3 is 1. The molecule has 45 heavy (non-hydrogen) atoms. The highest BCUT2D eigenvalue weighted by Gasteiger charge is 2.33. The average molecular weight is 639 g/mol. The topological polar surface area (TPSA) is 190 Å². The van der Waals surface area contributed by atoms with Crippen molar-refractivity contribution in [1.82, 2.24) is 34.2 Å². The number of rotatable bonds is 9. The summed E-state index contributed by atoms with van der Waals surface area (Å²) in [5.74, 6) is -0.629. The number of Topliss-reactive ketones (excluding diaryl/α,β-unsaturated/α-hetero) is 1. The van der Waals surface area contributed by atoms with Gasteiger partial charge >= 0.3 is 7.82 Å². The van der Waals surface area contributed by atoms with Gasteiger partial charge in [0.2, 0.25) is 0 Å². The van der Waals surface area contributed by atoms with Crippen LogP contribution >= 0.6 is 7.82 Å². The summed E-state index contributed by atoms with van der Waals surface area (Å²) in [6.45, 7) is 6.57. The number of nitrogens with zero attached hydrogens (tertiary/aromatic N) is 7. The molecule has 1 aliphatic heterocycles. The van der Waals surface area contributed by atoms with Crippen LogP contribution in [0.5, 0.6) is 5.75 Å². The van der Waals surface area contributed by atoms with Gasteiger partial charge in [-0.1, -0.05) is 6.07 Å². The molecule has 16 heteroatoms. The third kappa shape index (κ3) is 6.96. The summed E-state index contributed by atoms with van der Waals surface area (Å²) in [7, 11) is -3.13. The molecule has 1 saturated heterocycles. The summed E-state index contributed by atoms with van der Waals surface area (Å²) in [4.78, 5) is 52.3. The zero-order valence-electron chi connectivity index (χ0n) is 25.6. The molecule has 238 valence electrons. The minimum absolute atomic E-state index is 0.00483. The molecule has 0 aliphatic carbocycles. The predicted octanol–water partition coefficient (Wildman–Crippen LogP) is 3.39. The van der Waals surface area contributed by atoms with Gasteiger partial charge in [0.25, 0.3) is 11.7 Å². The van der Waals surface area contributed by atoms with E-state index < -0.39 is 31.8 Å². The van der Waals surface area contributed by atoms with Crippen LogP contribution in [-0.2, 0) is 25.1 Å². The van der Waals surface area contributed by atoms with Crippen LogP contribution in [0.25, 0.3) is 22.4 Å². The van der Waals surface area contributed by atoms with Gasteiger partial charge in [-0.05, 0) is 58.2 Å². The number of hydrogen-bond donors (Lipinski definition) is 2. The Morgan fingerprint density at radius 2 is 1.87 bits per heavy atom. The quantitative estimate of drug-likeness (QED) is 0.155. The molecule has 4 aromatic rings. The molecule has 4 aromatic heterocycles. The smallest absolute Gasteiger partial charge is 0.474 e. The number of carbonyl (C=O) groups is 2. The number of ketones is 1. The number of aromatic nitrogens is 6. The zero-order chi connectivity index (χ0) is 32.5. The van der Waals surface area contributed by atoms with E-state index in [4.69, 9.17) is 19.5 Å². The van der Waals surface area contributed by atoms with Crippen LogP contribution in [0, 0.1) is 6.92 Å². The van der Waals surface area contributed by atoms with Crippen molar-refractivity contribution in [3.8, 4) is 11.6 Å². The van der Waals surface area contributed by atoms with Crippen LogP contribution in [0.3, 0.4) is 0 Å². The molecule has 0 saturated carbocycles. The Morgan fingerprint density at radius 1 is 1.13 bits per heavy atom. The first-order valence-electron chi connectivity index (χ1n) is 14.1. The maximum Gasteiger partial charge on any atom is 0.474 e. The molecular formula is C29H35N8O7P. The molecule has 1 atom stereocenters. The van der Waals surface area contributed by atoms with E-state index in [0.29, 0.717) is 30.1 Å². The van der Waals surface area contributed by atoms with Crippen LogP contribution in [0.4, 0.5) is 0 Å². The Labute approximate surface area is 259 Å². The highest BCUT2D eigenvalue weighted by atomic mass is 31.2. The van der Waals surface area contributed by atoms with Gasteiger partial charge in [-0.3, -0.25) is 23.6 Å². The van der Waals surface area contributed by atoms with E-state index in [1.807, 2.05) is 12.1 Å². The monoisotopic (exact) mass is 638 g/mol. The van der Waals surface area contributed by atoms with Gasteiger partial charge in [-0.2, -0.15) is 5.10 Å². The Hall–Kier alpha value is -4.43. The third-order valence-corrected chi connectivity index (χ3v) is 8.27. The fraction of sp³-hybridized carbons (Fsp3) is 0.379. The van der Waals surface area contributed by atoms with Crippen molar-refractivity contribution in [2.75, 3.05) is 20.2 Å². The fourth-order valence-electron chi connectivity index (χ4n) is 5.05. The number of carbonyl (C=O) groups excluding carboxylic acids is 2. The number of piperidine rings is 1. The Morgan fingerprint density at radius 3 is 2.47 bits per heavy atom. The Balaban J connectivity index is 1.50. The second kappa shape index (κ2) is 12.5. The molecular weight excluding hydrogens is 603 g/mol. The van der Waals surface area contributed by atoms with Crippen molar-refractivity contribution < 1.29 is 32.8 Å². The fourth-order valence-corrected chi connectivity index (χ4v) is 6.07. The van der Waals surface area contributed by atoms with E-state index >= 15 is 0 Å². The summed E-state index contributed by atoms with van der Waals surface area (Å²) in [6, 6.07) is 5.48. The lowest BCUT2D eigenvalue weighted by atomic mass is 9.99. The molecule has 15 nitrogen and oxygen atoms in total. The number of phosphoric ester groups is 1. The van der Waals surface area contributed by atoms with Crippen molar-refractivity contribution in [1.29, 1.82) is 0 Å². The van der Waals surface area contributed by atoms with Gasteiger partial charge in [-0.15, -0.1) is 0 Å². The lowest BCUT2D eigenvalue weighted by molar-refractivity contribution is -0.126. The largest absolute Gasteiger partial charge is 0.494 e. The third-order valence-electron chi connectivity index (χ3n) is 7.05. The Bertz CT molecular complexity index is 1820. The second-order valence-electron chi connectivity index (χ2n) is 11.4. The molecule has 3 N–H and O–H groups in total. The van der Waals surface area contributed by atoms with Gasteiger partial charge in [0.1, 0.15) is 30.1 Å². The lowest BCUT2D eigenvalue weighted by Crippen LogP contribution is -2.41. The zero-order valence-corrected chi connectivity index (χ0v) is 26.5. The molecule has 0 bridgehead atoms. The molecule has 0 radical (unpaired) electrons. The standard InChI is InChI=1S/C29H35N8O7P/c1-18-33-16-37(34-18)27-25-23(22(42-5)14-32-27)20(15-36(25)17-43-45(40,41)44-29(2,3)4)26(38)28(39)35-12-9-19(10-13-35)24(30)21-8-6-7-11-31-21/h6-8,11,14-16H,9-10,12-13,17,30H2,1-5H3,(H,40,41). The van der Waals surface area contributed by atoms with E-state index in [1.54, 1.807) is 40.0 Å². The summed E-state index contributed by atoms with van der Waals surface area (Å²) in [5, 5.41) is 4.58. The average Bonchev–Trinajstić information content (AvgIpc) is 3.62. The molecule has 0 spiro atoms. The molecule has 1 fully saturated rings. The van der Waals surface area contributed by atoms with E-state index in [-0.39, 0.29) is 41.1 Å². The van der Waals surface area contributed by atoms with Gasteiger partial charge in [0.15, 0.2) is 5.82 Å².